The summed E-state index contributed by atoms with van der Waals surface area (Å²) in [7, 11) is -3.94. The molecule has 0 radical (unpaired) electrons. The summed E-state index contributed by atoms with van der Waals surface area (Å²) in [6, 6.07) is 9.25. The van der Waals surface area contributed by atoms with Crippen LogP contribution in [0.5, 0.6) is 0 Å². The number of carbonyl (C=O) groups is 1. The first-order valence-corrected chi connectivity index (χ1v) is 12.1. The van der Waals surface area contributed by atoms with E-state index in [9.17, 15) is 22.0 Å². The lowest BCUT2D eigenvalue weighted by Gasteiger charge is -2.29. The molecule has 1 atom stereocenters. The molecule has 32 heavy (non-hydrogen) atoms. The number of nitrogens with one attached hydrogen (secondary N) is 1. The van der Waals surface area contributed by atoms with E-state index < -0.39 is 33.6 Å². The number of morpholine rings is 1. The lowest BCUT2D eigenvalue weighted by molar-refractivity contribution is -0.122. The predicted octanol–water partition coefficient (Wildman–Crippen LogP) is 2.27. The van der Waals surface area contributed by atoms with Gasteiger partial charge in [-0.25, -0.2) is 17.2 Å². The molecule has 0 bridgehead atoms. The van der Waals surface area contributed by atoms with Gasteiger partial charge >= 0.3 is 0 Å². The fraction of sp³-hybridized carbons (Fsp3) is 0.409. The molecule has 1 aliphatic heterocycles. The van der Waals surface area contributed by atoms with Gasteiger partial charge in [0.25, 0.3) is 0 Å². The largest absolute Gasteiger partial charge is 0.379 e. The maximum atomic E-state index is 13.7. The van der Waals surface area contributed by atoms with E-state index in [0.29, 0.717) is 13.2 Å². The molecule has 3 rings (SSSR count). The predicted molar refractivity (Wildman–Crippen MR) is 118 cm³/mol. The summed E-state index contributed by atoms with van der Waals surface area (Å²) in [4.78, 5) is 15.1. The monoisotopic (exact) mass is 467 g/mol. The third-order valence-electron chi connectivity index (χ3n) is 5.32. The maximum Gasteiger partial charge on any atom is 0.243 e. The molecule has 0 unspecified atom stereocenters. The van der Waals surface area contributed by atoms with Crippen LogP contribution < -0.4 is 9.62 Å². The first-order valence-electron chi connectivity index (χ1n) is 10.3. The molecule has 1 N–H and O–H groups in total. The fourth-order valence-electron chi connectivity index (χ4n) is 3.65. The average Bonchev–Trinajstić information content (AvgIpc) is 2.75. The van der Waals surface area contributed by atoms with Gasteiger partial charge in [-0.3, -0.25) is 14.0 Å². The molecule has 1 aliphatic rings. The molecular formula is C22H27F2N3O4S. The van der Waals surface area contributed by atoms with Gasteiger partial charge in [-0.1, -0.05) is 24.3 Å². The number of carbonyl (C=O) groups excluding carboxylic acids is 1. The zero-order valence-corrected chi connectivity index (χ0v) is 18.9. The number of ether oxygens (including phenoxy) is 1. The number of rotatable bonds is 8. The van der Waals surface area contributed by atoms with Crippen molar-refractivity contribution in [2.45, 2.75) is 26.1 Å². The number of anilines is 1. The smallest absolute Gasteiger partial charge is 0.243 e. The van der Waals surface area contributed by atoms with Crippen LogP contribution in [0.3, 0.4) is 0 Å². The molecule has 1 saturated heterocycles. The summed E-state index contributed by atoms with van der Waals surface area (Å²) in [5.74, 6) is -2.85. The minimum absolute atomic E-state index is 0.123. The van der Waals surface area contributed by atoms with Crippen molar-refractivity contribution in [2.24, 2.45) is 0 Å². The van der Waals surface area contributed by atoms with Gasteiger partial charge in [0.05, 0.1) is 25.2 Å². The van der Waals surface area contributed by atoms with E-state index in [0.717, 1.165) is 59.5 Å². The Balaban J connectivity index is 1.72. The van der Waals surface area contributed by atoms with E-state index in [4.69, 9.17) is 4.74 Å². The van der Waals surface area contributed by atoms with Crippen molar-refractivity contribution in [1.82, 2.24) is 10.2 Å². The lowest BCUT2D eigenvalue weighted by atomic mass is 10.1. The van der Waals surface area contributed by atoms with E-state index in [2.05, 4.69) is 10.2 Å². The van der Waals surface area contributed by atoms with E-state index in [1.165, 1.54) is 6.92 Å². The number of sulfonamides is 1. The highest BCUT2D eigenvalue weighted by Crippen LogP contribution is 2.23. The van der Waals surface area contributed by atoms with Crippen LogP contribution in [-0.4, -0.2) is 57.8 Å². The normalized spacial score (nSPS) is 15.9. The van der Waals surface area contributed by atoms with Gasteiger partial charge < -0.3 is 10.1 Å². The first kappa shape index (κ1) is 24.1. The molecule has 0 spiro atoms. The van der Waals surface area contributed by atoms with Crippen molar-refractivity contribution in [1.29, 1.82) is 0 Å². The molecule has 2 aromatic rings. The van der Waals surface area contributed by atoms with Gasteiger partial charge in [-0.05, 0) is 30.2 Å². The van der Waals surface area contributed by atoms with Crippen molar-refractivity contribution in [3.05, 3.63) is 65.2 Å². The molecule has 1 fully saturated rings. The zero-order valence-electron chi connectivity index (χ0n) is 18.1. The molecule has 2 aromatic carbocycles. The first-order chi connectivity index (χ1) is 15.2. The van der Waals surface area contributed by atoms with Crippen molar-refractivity contribution in [3.63, 3.8) is 0 Å². The second-order valence-corrected chi connectivity index (χ2v) is 9.57. The second kappa shape index (κ2) is 10.4. The van der Waals surface area contributed by atoms with Crippen LogP contribution in [0.1, 0.15) is 18.1 Å². The zero-order chi connectivity index (χ0) is 23.3. The minimum atomic E-state index is -3.94. The summed E-state index contributed by atoms with van der Waals surface area (Å²) in [6.07, 6.45) is 0.912. The lowest BCUT2D eigenvalue weighted by Crippen LogP contribution is -2.47. The Bertz CT molecular complexity index is 1060. The van der Waals surface area contributed by atoms with Crippen LogP contribution >= 0.6 is 0 Å². The number of nitrogens with zero attached hydrogens (tertiary/aromatic N) is 2. The van der Waals surface area contributed by atoms with E-state index in [1.807, 2.05) is 24.3 Å². The Morgan fingerprint density at radius 3 is 2.41 bits per heavy atom. The van der Waals surface area contributed by atoms with Crippen molar-refractivity contribution in [2.75, 3.05) is 36.9 Å². The third-order valence-corrected chi connectivity index (χ3v) is 6.56. The molecule has 174 valence electrons. The summed E-state index contributed by atoms with van der Waals surface area (Å²) in [5.41, 5.74) is 1.85. The summed E-state index contributed by atoms with van der Waals surface area (Å²) in [6.45, 7) is 5.35. The van der Waals surface area contributed by atoms with E-state index in [1.54, 1.807) is 0 Å². The highest BCUT2D eigenvalue weighted by Gasteiger charge is 2.29. The van der Waals surface area contributed by atoms with Gasteiger partial charge in [-0.2, -0.15) is 0 Å². The fourth-order valence-corrected chi connectivity index (χ4v) is 4.81. The minimum Gasteiger partial charge on any atom is -0.379 e. The number of amides is 1. The number of hydrogen-bond donors (Lipinski definition) is 1. The number of hydrogen-bond acceptors (Lipinski definition) is 5. The van der Waals surface area contributed by atoms with Crippen LogP contribution in [0, 0.1) is 11.6 Å². The average molecular weight is 468 g/mol. The van der Waals surface area contributed by atoms with Gasteiger partial charge in [0, 0.05) is 32.2 Å². The Morgan fingerprint density at radius 2 is 1.78 bits per heavy atom. The molecule has 1 amide bonds. The molecule has 7 nitrogen and oxygen atoms in total. The molecule has 10 heteroatoms. The van der Waals surface area contributed by atoms with Crippen LogP contribution in [0.2, 0.25) is 0 Å². The Hall–Kier alpha value is -2.56. The Labute approximate surface area is 187 Å². The molecule has 1 heterocycles. The van der Waals surface area contributed by atoms with E-state index >= 15 is 0 Å². The van der Waals surface area contributed by atoms with Gasteiger partial charge in [0.1, 0.15) is 6.04 Å². The standard InChI is InChI=1S/C22H27F2N3O4S/c1-16(27(32(2,29)30)19-7-8-20(23)21(24)13-19)22(28)25-14-17-5-3-4-6-18(17)15-26-9-11-31-12-10-26/h3-8,13,16H,9-12,14-15H2,1-2H3,(H,25,28)/t16-/m1/s1. The Morgan fingerprint density at radius 1 is 1.12 bits per heavy atom. The molecule has 0 saturated carbocycles. The molecule has 0 aliphatic carbocycles. The van der Waals surface area contributed by atoms with Gasteiger partial charge in [0.2, 0.25) is 15.9 Å². The molecular weight excluding hydrogens is 440 g/mol. The van der Waals surface area contributed by atoms with Crippen LogP contribution in [-0.2, 0) is 32.6 Å². The van der Waals surface area contributed by atoms with Crippen LogP contribution in [0.4, 0.5) is 14.5 Å². The number of benzene rings is 2. The van der Waals surface area contributed by atoms with Crippen LogP contribution in [0.15, 0.2) is 42.5 Å². The quantitative estimate of drug-likeness (QED) is 0.645. The van der Waals surface area contributed by atoms with Crippen molar-refractivity contribution < 1.29 is 26.7 Å². The summed E-state index contributed by atoms with van der Waals surface area (Å²) >= 11 is 0. The van der Waals surface area contributed by atoms with Crippen LogP contribution in [0.25, 0.3) is 0 Å². The number of halogens is 2. The Kier molecular flexibility index (Phi) is 7.81. The van der Waals surface area contributed by atoms with Gasteiger partial charge in [-0.15, -0.1) is 0 Å². The third kappa shape index (κ3) is 6.02. The van der Waals surface area contributed by atoms with Gasteiger partial charge in [0.15, 0.2) is 11.6 Å². The maximum absolute atomic E-state index is 13.7. The summed E-state index contributed by atoms with van der Waals surface area (Å²) in [5, 5.41) is 2.77. The van der Waals surface area contributed by atoms with Crippen molar-refractivity contribution in [3.8, 4) is 0 Å². The second-order valence-electron chi connectivity index (χ2n) is 7.71. The van der Waals surface area contributed by atoms with Crippen molar-refractivity contribution >= 4 is 21.6 Å². The van der Waals surface area contributed by atoms with E-state index in [-0.39, 0.29) is 12.2 Å². The highest BCUT2D eigenvalue weighted by molar-refractivity contribution is 7.92. The topological polar surface area (TPSA) is 79.0 Å². The SMILES string of the molecule is C[C@H](C(=O)NCc1ccccc1CN1CCOCC1)N(c1ccc(F)c(F)c1)S(C)(=O)=O. The summed E-state index contributed by atoms with van der Waals surface area (Å²) < 4.78 is 57.8. The highest BCUT2D eigenvalue weighted by atomic mass is 32.2. The molecule has 0 aromatic heterocycles.